The zero-order valence-electron chi connectivity index (χ0n) is 7.62. The van der Waals surface area contributed by atoms with E-state index in [-0.39, 0.29) is 0 Å². The van der Waals surface area contributed by atoms with Crippen LogP contribution >= 0.6 is 11.3 Å². The topological polar surface area (TPSA) is 33.2 Å². The SMILES string of the molecule is Cc1ncsc1CN1CCC(=O)C1. The fraction of sp³-hybridized carbons (Fsp3) is 0.556. The molecular formula is C9H12N2OS. The van der Waals surface area contributed by atoms with Gasteiger partial charge in [0.25, 0.3) is 0 Å². The van der Waals surface area contributed by atoms with Crippen molar-refractivity contribution in [3.05, 3.63) is 16.1 Å². The molecule has 70 valence electrons. The Bertz CT molecular complexity index is 321. The number of Topliss-reactive ketones (excluding diaryl/α,β-unsaturated/α-hetero) is 1. The molecule has 2 heterocycles. The van der Waals surface area contributed by atoms with E-state index in [1.54, 1.807) is 11.3 Å². The van der Waals surface area contributed by atoms with Crippen LogP contribution in [0.25, 0.3) is 0 Å². The first kappa shape index (κ1) is 8.84. The van der Waals surface area contributed by atoms with Crippen LogP contribution in [0.3, 0.4) is 0 Å². The molecule has 1 aliphatic rings. The lowest BCUT2D eigenvalue weighted by molar-refractivity contribution is -0.116. The summed E-state index contributed by atoms with van der Waals surface area (Å²) in [5.41, 5.74) is 2.96. The van der Waals surface area contributed by atoms with Gasteiger partial charge in [0.2, 0.25) is 0 Å². The van der Waals surface area contributed by atoms with Gasteiger partial charge in [0.05, 0.1) is 17.7 Å². The van der Waals surface area contributed by atoms with Gasteiger partial charge >= 0.3 is 0 Å². The van der Waals surface area contributed by atoms with Crippen molar-refractivity contribution in [2.45, 2.75) is 19.9 Å². The number of aromatic nitrogens is 1. The minimum Gasteiger partial charge on any atom is -0.298 e. The molecule has 0 aromatic carbocycles. The van der Waals surface area contributed by atoms with Crippen molar-refractivity contribution in [2.24, 2.45) is 0 Å². The maximum absolute atomic E-state index is 11.0. The molecule has 1 fully saturated rings. The van der Waals surface area contributed by atoms with Crippen molar-refractivity contribution in [1.82, 2.24) is 9.88 Å². The Hall–Kier alpha value is -0.740. The van der Waals surface area contributed by atoms with E-state index in [4.69, 9.17) is 0 Å². The molecule has 0 aliphatic carbocycles. The van der Waals surface area contributed by atoms with Gasteiger partial charge in [-0.1, -0.05) is 0 Å². The Kier molecular flexibility index (Phi) is 2.42. The standard InChI is InChI=1S/C9H12N2OS/c1-7-9(13-6-10-7)5-11-3-2-8(12)4-11/h6H,2-5H2,1H3. The summed E-state index contributed by atoms with van der Waals surface area (Å²) in [4.78, 5) is 18.7. The second-order valence-corrected chi connectivity index (χ2v) is 4.30. The third-order valence-corrected chi connectivity index (χ3v) is 3.24. The van der Waals surface area contributed by atoms with Crippen LogP contribution in [0.5, 0.6) is 0 Å². The van der Waals surface area contributed by atoms with Crippen molar-refractivity contribution >= 4 is 17.1 Å². The molecule has 1 aromatic rings. The third kappa shape index (κ3) is 1.95. The summed E-state index contributed by atoms with van der Waals surface area (Å²) < 4.78 is 0. The number of hydrogen-bond donors (Lipinski definition) is 0. The number of ketones is 1. The van der Waals surface area contributed by atoms with E-state index >= 15 is 0 Å². The number of likely N-dealkylation sites (tertiary alicyclic amines) is 1. The molecular weight excluding hydrogens is 184 g/mol. The number of aryl methyl sites for hydroxylation is 1. The molecule has 4 heteroatoms. The van der Waals surface area contributed by atoms with Gasteiger partial charge < -0.3 is 0 Å². The Morgan fingerprint density at radius 3 is 3.08 bits per heavy atom. The lowest BCUT2D eigenvalue weighted by atomic mass is 10.4. The monoisotopic (exact) mass is 196 g/mol. The summed E-state index contributed by atoms with van der Waals surface area (Å²) in [5.74, 6) is 0.363. The van der Waals surface area contributed by atoms with Gasteiger partial charge in [-0.05, 0) is 6.92 Å². The van der Waals surface area contributed by atoms with Crippen molar-refractivity contribution in [3.63, 3.8) is 0 Å². The first-order chi connectivity index (χ1) is 6.25. The van der Waals surface area contributed by atoms with Gasteiger partial charge in [0.15, 0.2) is 0 Å². The summed E-state index contributed by atoms with van der Waals surface area (Å²) >= 11 is 1.67. The number of carbonyl (C=O) groups is 1. The number of rotatable bonds is 2. The molecule has 0 spiro atoms. The van der Waals surface area contributed by atoms with Crippen molar-refractivity contribution in [1.29, 1.82) is 0 Å². The molecule has 0 unspecified atom stereocenters. The van der Waals surface area contributed by atoms with Crippen LogP contribution in [0.1, 0.15) is 17.0 Å². The summed E-state index contributed by atoms with van der Waals surface area (Å²) in [5, 5.41) is 0. The minimum absolute atomic E-state index is 0.363. The quantitative estimate of drug-likeness (QED) is 0.713. The zero-order valence-corrected chi connectivity index (χ0v) is 8.43. The largest absolute Gasteiger partial charge is 0.298 e. The van der Waals surface area contributed by atoms with Crippen LogP contribution in [-0.2, 0) is 11.3 Å². The van der Waals surface area contributed by atoms with Crippen LogP contribution in [0.4, 0.5) is 0 Å². The van der Waals surface area contributed by atoms with E-state index < -0.39 is 0 Å². The van der Waals surface area contributed by atoms with Gasteiger partial charge in [0.1, 0.15) is 5.78 Å². The minimum atomic E-state index is 0.363. The van der Waals surface area contributed by atoms with Gasteiger partial charge in [0, 0.05) is 24.4 Å². The molecule has 0 radical (unpaired) electrons. The Morgan fingerprint density at radius 1 is 1.69 bits per heavy atom. The number of thiazole rings is 1. The highest BCUT2D eigenvalue weighted by molar-refractivity contribution is 7.09. The maximum Gasteiger partial charge on any atom is 0.148 e. The predicted octanol–water partition coefficient (Wildman–Crippen LogP) is 1.23. The highest BCUT2D eigenvalue weighted by Gasteiger charge is 2.20. The molecule has 1 aliphatic heterocycles. The molecule has 0 atom stereocenters. The Balaban J connectivity index is 1.99. The van der Waals surface area contributed by atoms with E-state index in [0.717, 1.165) is 25.2 Å². The first-order valence-corrected chi connectivity index (χ1v) is 5.26. The highest BCUT2D eigenvalue weighted by Crippen LogP contribution is 2.17. The number of carbonyl (C=O) groups excluding carboxylic acids is 1. The van der Waals surface area contributed by atoms with Gasteiger partial charge in [-0.2, -0.15) is 0 Å². The molecule has 1 saturated heterocycles. The first-order valence-electron chi connectivity index (χ1n) is 4.39. The fourth-order valence-electron chi connectivity index (χ4n) is 1.51. The van der Waals surface area contributed by atoms with E-state index in [9.17, 15) is 4.79 Å². The van der Waals surface area contributed by atoms with E-state index in [1.807, 2.05) is 12.4 Å². The number of hydrogen-bond acceptors (Lipinski definition) is 4. The summed E-state index contributed by atoms with van der Waals surface area (Å²) in [6.45, 7) is 4.44. The predicted molar refractivity (Wildman–Crippen MR) is 51.8 cm³/mol. The van der Waals surface area contributed by atoms with Crippen LogP contribution in [0.15, 0.2) is 5.51 Å². The second kappa shape index (κ2) is 3.55. The van der Waals surface area contributed by atoms with Gasteiger partial charge in [-0.3, -0.25) is 9.69 Å². The lowest BCUT2D eigenvalue weighted by Crippen LogP contribution is -2.19. The van der Waals surface area contributed by atoms with Gasteiger partial charge in [-0.25, -0.2) is 4.98 Å². The summed E-state index contributed by atoms with van der Waals surface area (Å²) in [6, 6.07) is 0. The molecule has 1 aromatic heterocycles. The van der Waals surface area contributed by atoms with Crippen LogP contribution < -0.4 is 0 Å². The third-order valence-electron chi connectivity index (χ3n) is 2.32. The van der Waals surface area contributed by atoms with Crippen LogP contribution in [0, 0.1) is 6.92 Å². The zero-order chi connectivity index (χ0) is 9.26. The molecule has 3 nitrogen and oxygen atoms in total. The fourth-order valence-corrected chi connectivity index (χ4v) is 2.32. The van der Waals surface area contributed by atoms with E-state index in [1.165, 1.54) is 4.88 Å². The maximum atomic E-state index is 11.0. The molecule has 0 N–H and O–H groups in total. The van der Waals surface area contributed by atoms with Crippen LogP contribution in [-0.4, -0.2) is 28.8 Å². The highest BCUT2D eigenvalue weighted by atomic mass is 32.1. The number of nitrogens with zero attached hydrogens (tertiary/aromatic N) is 2. The molecule has 0 bridgehead atoms. The van der Waals surface area contributed by atoms with Crippen molar-refractivity contribution in [3.8, 4) is 0 Å². The van der Waals surface area contributed by atoms with E-state index in [2.05, 4.69) is 9.88 Å². The Labute approximate surface area is 81.4 Å². The van der Waals surface area contributed by atoms with E-state index in [0.29, 0.717) is 12.3 Å². The molecule has 2 rings (SSSR count). The van der Waals surface area contributed by atoms with Crippen molar-refractivity contribution in [2.75, 3.05) is 13.1 Å². The van der Waals surface area contributed by atoms with Crippen molar-refractivity contribution < 1.29 is 4.79 Å². The summed E-state index contributed by atoms with van der Waals surface area (Å²) in [6.07, 6.45) is 0.720. The smallest absolute Gasteiger partial charge is 0.148 e. The lowest BCUT2D eigenvalue weighted by Gasteiger charge is -2.11. The normalized spacial score (nSPS) is 18.4. The van der Waals surface area contributed by atoms with Crippen LogP contribution in [0.2, 0.25) is 0 Å². The van der Waals surface area contributed by atoms with Gasteiger partial charge in [-0.15, -0.1) is 11.3 Å². The second-order valence-electron chi connectivity index (χ2n) is 3.36. The molecule has 0 saturated carbocycles. The molecule has 13 heavy (non-hydrogen) atoms. The average Bonchev–Trinajstić information content (AvgIpc) is 2.64. The average molecular weight is 196 g/mol. The molecule has 0 amide bonds. The summed E-state index contributed by atoms with van der Waals surface area (Å²) in [7, 11) is 0. The Morgan fingerprint density at radius 2 is 2.54 bits per heavy atom.